The number of nitrogens with one attached hydrogen (secondary N) is 1. The Bertz CT molecular complexity index is 378. The van der Waals surface area contributed by atoms with Gasteiger partial charge in [-0.3, -0.25) is 4.90 Å². The predicted molar refractivity (Wildman–Crippen MR) is 82.4 cm³/mol. The number of likely N-dealkylation sites (N-methyl/N-ethyl adjacent to an activating group) is 1. The molecule has 2 rings (SSSR count). The maximum absolute atomic E-state index is 4.12. The molecule has 0 saturated carbocycles. The smallest absolute Gasteiger partial charge is 0.0202 e. The SMILES string of the molecule is C=C(CNC)CN1CCC(Cc2ccccc2)CC1. The molecular weight excluding hydrogens is 232 g/mol. The summed E-state index contributed by atoms with van der Waals surface area (Å²) in [6, 6.07) is 10.9. The van der Waals surface area contributed by atoms with Crippen molar-refractivity contribution in [2.75, 3.05) is 33.2 Å². The molecule has 0 spiro atoms. The fourth-order valence-electron chi connectivity index (χ4n) is 2.92. The van der Waals surface area contributed by atoms with Gasteiger partial charge in [0.1, 0.15) is 0 Å². The highest BCUT2D eigenvalue weighted by Gasteiger charge is 2.19. The van der Waals surface area contributed by atoms with Crippen LogP contribution in [0.3, 0.4) is 0 Å². The summed E-state index contributed by atoms with van der Waals surface area (Å²) in [6.07, 6.45) is 3.88. The van der Waals surface area contributed by atoms with E-state index in [1.807, 2.05) is 7.05 Å². The van der Waals surface area contributed by atoms with E-state index >= 15 is 0 Å². The lowest BCUT2D eigenvalue weighted by atomic mass is 9.90. The van der Waals surface area contributed by atoms with Gasteiger partial charge < -0.3 is 5.32 Å². The fraction of sp³-hybridized carbons (Fsp3) is 0.529. The summed E-state index contributed by atoms with van der Waals surface area (Å²) in [7, 11) is 1.98. The summed E-state index contributed by atoms with van der Waals surface area (Å²) < 4.78 is 0. The van der Waals surface area contributed by atoms with Crippen LogP contribution in [0, 0.1) is 5.92 Å². The van der Waals surface area contributed by atoms with Gasteiger partial charge in [-0.15, -0.1) is 0 Å². The van der Waals surface area contributed by atoms with E-state index in [0.717, 1.165) is 19.0 Å². The van der Waals surface area contributed by atoms with Gasteiger partial charge in [-0.05, 0) is 56.5 Å². The number of piperidine rings is 1. The van der Waals surface area contributed by atoms with Gasteiger partial charge in [-0.2, -0.15) is 0 Å². The molecule has 1 aliphatic rings. The molecule has 1 heterocycles. The van der Waals surface area contributed by atoms with E-state index in [2.05, 4.69) is 47.1 Å². The van der Waals surface area contributed by atoms with Crippen LogP contribution in [0.4, 0.5) is 0 Å². The molecule has 2 nitrogen and oxygen atoms in total. The Morgan fingerprint density at radius 1 is 1.26 bits per heavy atom. The average Bonchev–Trinajstić information content (AvgIpc) is 2.42. The van der Waals surface area contributed by atoms with Crippen LogP contribution in [0.25, 0.3) is 0 Å². The van der Waals surface area contributed by atoms with E-state index in [-0.39, 0.29) is 0 Å². The molecule has 0 aromatic heterocycles. The first-order valence-electron chi connectivity index (χ1n) is 7.35. The van der Waals surface area contributed by atoms with E-state index in [1.54, 1.807) is 0 Å². The molecule has 104 valence electrons. The van der Waals surface area contributed by atoms with E-state index in [0.29, 0.717) is 0 Å². The normalized spacial score (nSPS) is 17.5. The van der Waals surface area contributed by atoms with Crippen molar-refractivity contribution in [2.24, 2.45) is 5.92 Å². The van der Waals surface area contributed by atoms with Gasteiger partial charge >= 0.3 is 0 Å². The first kappa shape index (κ1) is 14.3. The van der Waals surface area contributed by atoms with Gasteiger partial charge in [0.25, 0.3) is 0 Å². The summed E-state index contributed by atoms with van der Waals surface area (Å²) in [6.45, 7) is 8.55. The lowest BCUT2D eigenvalue weighted by Crippen LogP contribution is -2.36. The zero-order valence-electron chi connectivity index (χ0n) is 12.1. The van der Waals surface area contributed by atoms with Crippen molar-refractivity contribution in [3.8, 4) is 0 Å². The lowest BCUT2D eigenvalue weighted by molar-refractivity contribution is 0.196. The number of hydrogen-bond acceptors (Lipinski definition) is 2. The summed E-state index contributed by atoms with van der Waals surface area (Å²) in [5, 5.41) is 3.17. The molecule has 0 amide bonds. The first-order chi connectivity index (χ1) is 9.28. The highest BCUT2D eigenvalue weighted by Crippen LogP contribution is 2.21. The fourth-order valence-corrected chi connectivity index (χ4v) is 2.92. The van der Waals surface area contributed by atoms with Gasteiger partial charge in [0.15, 0.2) is 0 Å². The molecule has 19 heavy (non-hydrogen) atoms. The standard InChI is InChI=1S/C17H26N2/c1-15(13-18-2)14-19-10-8-17(9-11-19)12-16-6-4-3-5-7-16/h3-7,17-18H,1,8-14H2,2H3. The van der Waals surface area contributed by atoms with Crippen molar-refractivity contribution in [3.05, 3.63) is 48.0 Å². The largest absolute Gasteiger partial charge is 0.316 e. The van der Waals surface area contributed by atoms with Crippen LogP contribution >= 0.6 is 0 Å². The minimum absolute atomic E-state index is 0.858. The number of rotatable bonds is 6. The molecule has 0 bridgehead atoms. The molecule has 0 aliphatic carbocycles. The maximum atomic E-state index is 4.12. The summed E-state index contributed by atoms with van der Waals surface area (Å²) in [4.78, 5) is 2.54. The quantitative estimate of drug-likeness (QED) is 0.789. The number of benzene rings is 1. The lowest BCUT2D eigenvalue weighted by Gasteiger charge is -2.32. The van der Waals surface area contributed by atoms with E-state index in [1.165, 1.54) is 43.5 Å². The van der Waals surface area contributed by atoms with Crippen LogP contribution in [-0.4, -0.2) is 38.1 Å². The molecule has 1 aliphatic heterocycles. The Hall–Kier alpha value is -1.12. The maximum Gasteiger partial charge on any atom is 0.0202 e. The van der Waals surface area contributed by atoms with E-state index in [4.69, 9.17) is 0 Å². The molecule has 1 N–H and O–H groups in total. The van der Waals surface area contributed by atoms with Crippen molar-refractivity contribution < 1.29 is 0 Å². The van der Waals surface area contributed by atoms with Crippen LogP contribution in [0.15, 0.2) is 42.5 Å². The van der Waals surface area contributed by atoms with Crippen LogP contribution in [0.1, 0.15) is 18.4 Å². The number of hydrogen-bond donors (Lipinski definition) is 1. The molecule has 1 saturated heterocycles. The summed E-state index contributed by atoms with van der Waals surface area (Å²) >= 11 is 0. The third kappa shape index (κ3) is 4.81. The Labute approximate surface area is 117 Å². The second-order valence-electron chi connectivity index (χ2n) is 5.69. The van der Waals surface area contributed by atoms with Crippen molar-refractivity contribution >= 4 is 0 Å². The average molecular weight is 258 g/mol. The molecule has 2 heteroatoms. The van der Waals surface area contributed by atoms with Gasteiger partial charge in [0.2, 0.25) is 0 Å². The highest BCUT2D eigenvalue weighted by atomic mass is 15.1. The molecule has 0 atom stereocenters. The van der Waals surface area contributed by atoms with Crippen molar-refractivity contribution in [2.45, 2.75) is 19.3 Å². The Morgan fingerprint density at radius 3 is 2.58 bits per heavy atom. The van der Waals surface area contributed by atoms with Crippen molar-refractivity contribution in [1.82, 2.24) is 10.2 Å². The minimum atomic E-state index is 0.858. The third-order valence-corrected chi connectivity index (χ3v) is 3.95. The second kappa shape index (κ2) is 7.46. The molecule has 0 unspecified atom stereocenters. The van der Waals surface area contributed by atoms with E-state index < -0.39 is 0 Å². The Morgan fingerprint density at radius 2 is 1.95 bits per heavy atom. The second-order valence-corrected chi connectivity index (χ2v) is 5.69. The molecule has 1 fully saturated rings. The zero-order chi connectivity index (χ0) is 13.5. The van der Waals surface area contributed by atoms with Gasteiger partial charge in [0, 0.05) is 13.1 Å². The Kier molecular flexibility index (Phi) is 5.62. The van der Waals surface area contributed by atoms with Crippen molar-refractivity contribution in [1.29, 1.82) is 0 Å². The monoisotopic (exact) mass is 258 g/mol. The number of nitrogens with zero attached hydrogens (tertiary/aromatic N) is 1. The topological polar surface area (TPSA) is 15.3 Å². The van der Waals surface area contributed by atoms with Crippen LogP contribution in [0.2, 0.25) is 0 Å². The van der Waals surface area contributed by atoms with Gasteiger partial charge in [-0.25, -0.2) is 0 Å². The van der Waals surface area contributed by atoms with E-state index in [9.17, 15) is 0 Å². The summed E-state index contributed by atoms with van der Waals surface area (Å²) in [5.74, 6) is 0.858. The summed E-state index contributed by atoms with van der Waals surface area (Å²) in [5.41, 5.74) is 2.78. The molecule has 1 aromatic rings. The minimum Gasteiger partial charge on any atom is -0.316 e. The molecule has 1 aromatic carbocycles. The van der Waals surface area contributed by atoms with Gasteiger partial charge in [0.05, 0.1) is 0 Å². The highest BCUT2D eigenvalue weighted by molar-refractivity contribution is 5.15. The molecular formula is C17H26N2. The number of likely N-dealkylation sites (tertiary alicyclic amines) is 1. The van der Waals surface area contributed by atoms with Crippen LogP contribution < -0.4 is 5.32 Å². The Balaban J connectivity index is 1.72. The third-order valence-electron chi connectivity index (χ3n) is 3.95. The van der Waals surface area contributed by atoms with Crippen LogP contribution in [-0.2, 0) is 6.42 Å². The van der Waals surface area contributed by atoms with Crippen molar-refractivity contribution in [3.63, 3.8) is 0 Å². The van der Waals surface area contributed by atoms with Crippen LogP contribution in [0.5, 0.6) is 0 Å². The molecule has 0 radical (unpaired) electrons. The predicted octanol–water partition coefficient (Wildman–Crippen LogP) is 2.72. The first-order valence-corrected chi connectivity index (χ1v) is 7.35. The zero-order valence-corrected chi connectivity index (χ0v) is 12.1. The van der Waals surface area contributed by atoms with Gasteiger partial charge in [-0.1, -0.05) is 36.9 Å².